The van der Waals surface area contributed by atoms with E-state index in [1.807, 2.05) is 6.92 Å². The average Bonchev–Trinajstić information content (AvgIpc) is 2.45. The summed E-state index contributed by atoms with van der Waals surface area (Å²) in [5.41, 5.74) is -2.04. The molecule has 0 rings (SSSR count). The third-order valence-electron chi connectivity index (χ3n) is 3.49. The van der Waals surface area contributed by atoms with Crippen molar-refractivity contribution in [3.05, 3.63) is 0 Å². The highest BCUT2D eigenvalue weighted by molar-refractivity contribution is 5.72. The van der Waals surface area contributed by atoms with Crippen LogP contribution in [0.4, 0.5) is 14.4 Å². The summed E-state index contributed by atoms with van der Waals surface area (Å²) < 4.78 is 16.1. The molecule has 176 valence electrons. The first-order valence-corrected chi connectivity index (χ1v) is 10.3. The molecule has 9 heteroatoms. The number of amides is 3. The highest BCUT2D eigenvalue weighted by atomic mass is 16.6. The van der Waals surface area contributed by atoms with Crippen molar-refractivity contribution < 1.29 is 28.6 Å². The molecule has 9 nitrogen and oxygen atoms in total. The third-order valence-corrected chi connectivity index (χ3v) is 3.49. The summed E-state index contributed by atoms with van der Waals surface area (Å²) in [5.74, 6) is 0. The number of carbonyl (C=O) groups is 3. The van der Waals surface area contributed by atoms with Crippen molar-refractivity contribution in [3.8, 4) is 0 Å². The minimum Gasteiger partial charge on any atom is -0.444 e. The van der Waals surface area contributed by atoms with Crippen molar-refractivity contribution in [1.29, 1.82) is 0 Å². The third kappa shape index (κ3) is 12.4. The number of carbonyl (C=O) groups excluding carboxylic acids is 3. The largest absolute Gasteiger partial charge is 0.444 e. The normalized spacial score (nSPS) is 14.2. The molecule has 0 spiro atoms. The van der Waals surface area contributed by atoms with Gasteiger partial charge in [-0.1, -0.05) is 6.92 Å². The molecule has 30 heavy (non-hydrogen) atoms. The average molecular weight is 432 g/mol. The van der Waals surface area contributed by atoms with Gasteiger partial charge in [-0.2, -0.15) is 0 Å². The summed E-state index contributed by atoms with van der Waals surface area (Å²) in [6.07, 6.45) is -2.07. The molecule has 0 aliphatic heterocycles. The molecule has 2 atom stereocenters. The van der Waals surface area contributed by atoms with Crippen LogP contribution in [-0.4, -0.2) is 58.7 Å². The molecule has 2 unspecified atom stereocenters. The van der Waals surface area contributed by atoms with E-state index in [2.05, 4.69) is 10.6 Å². The summed E-state index contributed by atoms with van der Waals surface area (Å²) in [6, 6.07) is -0.447. The molecule has 0 radical (unpaired) electrons. The smallest absolute Gasteiger partial charge is 0.412 e. The molecule has 0 aliphatic rings. The first kappa shape index (κ1) is 27.8. The molecule has 0 saturated carbocycles. The van der Waals surface area contributed by atoms with Gasteiger partial charge in [0, 0.05) is 6.54 Å². The van der Waals surface area contributed by atoms with E-state index in [-0.39, 0.29) is 6.54 Å². The van der Waals surface area contributed by atoms with Crippen LogP contribution in [0.15, 0.2) is 0 Å². The van der Waals surface area contributed by atoms with Crippen LogP contribution in [0.3, 0.4) is 0 Å². The summed E-state index contributed by atoms with van der Waals surface area (Å²) in [5, 5.41) is 5.34. The van der Waals surface area contributed by atoms with Crippen LogP contribution < -0.4 is 10.6 Å². The van der Waals surface area contributed by atoms with Gasteiger partial charge in [0.05, 0.1) is 6.04 Å². The Balaban J connectivity index is 5.44. The van der Waals surface area contributed by atoms with E-state index in [1.54, 1.807) is 69.2 Å². The summed E-state index contributed by atoms with van der Waals surface area (Å²) >= 11 is 0. The van der Waals surface area contributed by atoms with Crippen molar-refractivity contribution in [2.75, 3.05) is 6.54 Å². The molecular formula is C21H41N3O6. The first-order chi connectivity index (χ1) is 13.3. The summed E-state index contributed by atoms with van der Waals surface area (Å²) in [7, 11) is 0. The number of alkyl carbamates (subject to hydrolysis) is 2. The Labute approximate surface area is 181 Å². The van der Waals surface area contributed by atoms with Crippen LogP contribution in [0.5, 0.6) is 0 Å². The second-order valence-corrected chi connectivity index (χ2v) is 10.2. The molecular weight excluding hydrogens is 390 g/mol. The highest BCUT2D eigenvalue weighted by Gasteiger charge is 2.33. The van der Waals surface area contributed by atoms with Crippen LogP contribution >= 0.6 is 0 Å². The second-order valence-electron chi connectivity index (χ2n) is 10.2. The molecule has 3 amide bonds. The van der Waals surface area contributed by atoms with Crippen molar-refractivity contribution >= 4 is 18.3 Å². The second kappa shape index (κ2) is 10.7. The Kier molecular flexibility index (Phi) is 9.94. The van der Waals surface area contributed by atoms with Crippen LogP contribution in [0, 0.1) is 0 Å². The minimum absolute atomic E-state index is 0.130. The topological polar surface area (TPSA) is 106 Å². The lowest BCUT2D eigenvalue weighted by molar-refractivity contribution is -0.00221. The van der Waals surface area contributed by atoms with Gasteiger partial charge in [-0.3, -0.25) is 4.90 Å². The van der Waals surface area contributed by atoms with Gasteiger partial charge in [0.25, 0.3) is 0 Å². The van der Waals surface area contributed by atoms with Crippen molar-refractivity contribution in [1.82, 2.24) is 15.5 Å². The lowest BCUT2D eigenvalue weighted by atomic mass is 10.1. The van der Waals surface area contributed by atoms with E-state index < -0.39 is 47.3 Å². The maximum absolute atomic E-state index is 12.9. The fraction of sp³-hybridized carbons (Fsp3) is 0.857. The Bertz CT molecular complexity index is 587. The van der Waals surface area contributed by atoms with Crippen LogP contribution in [-0.2, 0) is 14.2 Å². The van der Waals surface area contributed by atoms with Gasteiger partial charge in [0.15, 0.2) is 0 Å². The maximum atomic E-state index is 12.9. The summed E-state index contributed by atoms with van der Waals surface area (Å²) in [4.78, 5) is 38.6. The molecule has 0 aliphatic carbocycles. The molecule has 0 fully saturated rings. The lowest BCUT2D eigenvalue weighted by Crippen LogP contribution is -2.57. The Morgan fingerprint density at radius 3 is 1.63 bits per heavy atom. The van der Waals surface area contributed by atoms with Gasteiger partial charge in [0.1, 0.15) is 23.0 Å². The predicted molar refractivity (Wildman–Crippen MR) is 115 cm³/mol. The van der Waals surface area contributed by atoms with Crippen LogP contribution in [0.25, 0.3) is 0 Å². The number of rotatable bonds is 6. The monoisotopic (exact) mass is 431 g/mol. The molecule has 0 aromatic heterocycles. The van der Waals surface area contributed by atoms with E-state index in [4.69, 9.17) is 14.2 Å². The molecule has 2 N–H and O–H groups in total. The quantitative estimate of drug-likeness (QED) is 0.477. The summed E-state index contributed by atoms with van der Waals surface area (Å²) in [6.45, 7) is 19.5. The molecule has 0 aromatic rings. The number of ether oxygens (including phenoxy) is 3. The fourth-order valence-electron chi connectivity index (χ4n) is 2.44. The number of nitrogens with zero attached hydrogens (tertiary/aromatic N) is 1. The standard InChI is InChI=1S/C21H41N3O6/c1-12-15(13-22-16(25)28-19(3,4)5)24(18(27)30-21(9,10)11)14(2)23-17(26)29-20(6,7)8/h14-15H,12-13H2,1-11H3,(H,22,25)(H,23,26). The Hall–Kier alpha value is -2.19. The number of nitrogens with one attached hydrogen (secondary N) is 2. The minimum atomic E-state index is -0.736. The van der Waals surface area contributed by atoms with E-state index in [0.717, 1.165) is 0 Å². The maximum Gasteiger partial charge on any atom is 0.412 e. The Morgan fingerprint density at radius 1 is 0.800 bits per heavy atom. The molecule has 0 aromatic carbocycles. The SMILES string of the molecule is CCC(CNC(=O)OC(C)(C)C)N(C(=O)OC(C)(C)C)C(C)NC(=O)OC(C)(C)C. The highest BCUT2D eigenvalue weighted by Crippen LogP contribution is 2.17. The molecule has 0 heterocycles. The fourth-order valence-corrected chi connectivity index (χ4v) is 2.44. The lowest BCUT2D eigenvalue weighted by Gasteiger charge is -2.37. The predicted octanol–water partition coefficient (Wildman–Crippen LogP) is 4.40. The number of hydrogen-bond donors (Lipinski definition) is 2. The zero-order valence-electron chi connectivity index (χ0n) is 20.5. The van der Waals surface area contributed by atoms with E-state index in [0.29, 0.717) is 6.42 Å². The molecule has 0 saturated heterocycles. The van der Waals surface area contributed by atoms with E-state index in [1.165, 1.54) is 4.90 Å². The van der Waals surface area contributed by atoms with Gasteiger partial charge in [-0.15, -0.1) is 0 Å². The van der Waals surface area contributed by atoms with Gasteiger partial charge in [-0.25, -0.2) is 14.4 Å². The van der Waals surface area contributed by atoms with E-state index >= 15 is 0 Å². The number of hydrogen-bond acceptors (Lipinski definition) is 6. The zero-order chi connectivity index (χ0) is 23.9. The van der Waals surface area contributed by atoms with Crippen molar-refractivity contribution in [2.45, 2.75) is 112 Å². The van der Waals surface area contributed by atoms with Gasteiger partial charge < -0.3 is 24.8 Å². The Morgan fingerprint density at radius 2 is 1.23 bits per heavy atom. The van der Waals surface area contributed by atoms with Crippen molar-refractivity contribution in [3.63, 3.8) is 0 Å². The van der Waals surface area contributed by atoms with Crippen molar-refractivity contribution in [2.24, 2.45) is 0 Å². The van der Waals surface area contributed by atoms with E-state index in [9.17, 15) is 14.4 Å². The van der Waals surface area contributed by atoms with Crippen LogP contribution in [0.1, 0.15) is 82.6 Å². The first-order valence-electron chi connectivity index (χ1n) is 10.3. The van der Waals surface area contributed by atoms with Gasteiger partial charge in [0.2, 0.25) is 0 Å². The zero-order valence-corrected chi connectivity index (χ0v) is 20.5. The van der Waals surface area contributed by atoms with Gasteiger partial charge in [-0.05, 0) is 75.7 Å². The van der Waals surface area contributed by atoms with Crippen LogP contribution in [0.2, 0.25) is 0 Å². The molecule has 0 bridgehead atoms. The van der Waals surface area contributed by atoms with Gasteiger partial charge >= 0.3 is 18.3 Å².